The molecule has 0 aromatic heterocycles. The number of hydrogen-bond acceptors (Lipinski definition) is 3. The molecule has 3 aromatic rings. The van der Waals surface area contributed by atoms with Crippen molar-refractivity contribution in [2.24, 2.45) is 0 Å². The topological polar surface area (TPSA) is 70.2 Å². The summed E-state index contributed by atoms with van der Waals surface area (Å²) in [5, 5.41) is 8.06. The molecule has 5 nitrogen and oxygen atoms in total. The van der Waals surface area contributed by atoms with Crippen LogP contribution in [0.2, 0.25) is 0 Å². The second kappa shape index (κ2) is 22.2. The first-order valence-corrected chi connectivity index (χ1v) is 13.2. The van der Waals surface area contributed by atoms with Gasteiger partial charge in [-0.2, -0.15) is 13.2 Å². The van der Waals surface area contributed by atoms with Gasteiger partial charge in [-0.25, -0.2) is 0 Å². The molecule has 0 saturated heterocycles. The van der Waals surface area contributed by atoms with Crippen molar-refractivity contribution in [1.82, 2.24) is 10.6 Å². The van der Waals surface area contributed by atoms with Gasteiger partial charge in [-0.1, -0.05) is 94.4 Å². The van der Waals surface area contributed by atoms with E-state index in [1.54, 1.807) is 6.07 Å². The van der Waals surface area contributed by atoms with Crippen LogP contribution in [0.25, 0.3) is 0 Å². The highest BCUT2D eigenvalue weighted by molar-refractivity contribution is 5.54. The highest BCUT2D eigenvalue weighted by Gasteiger charge is 2.30. The number of rotatable bonds is 7. The molecule has 0 fully saturated rings. The van der Waals surface area contributed by atoms with Crippen molar-refractivity contribution in [3.05, 3.63) is 101 Å². The molecule has 1 aliphatic heterocycles. The zero-order chi connectivity index (χ0) is 29.4. The normalized spacial score (nSPS) is 10.5. The summed E-state index contributed by atoms with van der Waals surface area (Å²) < 4.78 is 36.3. The standard InChI is InChI=1S/C9H9F3.C8H9N.C8H10.C4H8N2O2.C2H6/c1-2-7-4-3-5-8(6-7)9(10,11)12;1-2-4-8-7(3-1)5-6-9-8;1-2-8-6-4-3-5-7-8;7-3-5-1-2-6-4-8;1-2/h3-6H,2H2,1H3;1-4,9H,5-6H2;3-7H,2H2,1H3;3-4H,1-2H2,(H,5,7)(H,6,8);1-2H3. The van der Waals surface area contributed by atoms with Crippen LogP contribution in [-0.2, 0) is 35.0 Å². The fourth-order valence-corrected chi connectivity index (χ4v) is 3.19. The Morgan fingerprint density at radius 3 is 1.79 bits per heavy atom. The fourth-order valence-electron chi connectivity index (χ4n) is 3.19. The van der Waals surface area contributed by atoms with E-state index < -0.39 is 11.7 Å². The second-order valence-electron chi connectivity index (χ2n) is 7.87. The second-order valence-corrected chi connectivity index (χ2v) is 7.87. The minimum absolute atomic E-state index is 0.488. The third-order valence-electron chi connectivity index (χ3n) is 5.22. The lowest BCUT2D eigenvalue weighted by Gasteiger charge is -2.06. The molecule has 1 heterocycles. The maximum absolute atomic E-state index is 12.1. The minimum Gasteiger partial charge on any atom is -0.384 e. The number of amides is 2. The number of anilines is 1. The summed E-state index contributed by atoms with van der Waals surface area (Å²) in [6.07, 6.45) is -0.0783. The molecular weight excluding hydrogens is 503 g/mol. The van der Waals surface area contributed by atoms with Gasteiger partial charge in [0, 0.05) is 25.3 Å². The van der Waals surface area contributed by atoms with Crippen LogP contribution in [-0.4, -0.2) is 32.5 Å². The molecule has 39 heavy (non-hydrogen) atoms. The Balaban J connectivity index is 0.000000490. The van der Waals surface area contributed by atoms with Gasteiger partial charge in [-0.3, -0.25) is 9.59 Å². The quantitative estimate of drug-likeness (QED) is 0.229. The van der Waals surface area contributed by atoms with Crippen molar-refractivity contribution in [2.45, 2.75) is 53.1 Å². The number of alkyl halides is 3. The molecule has 3 N–H and O–H groups in total. The predicted octanol–water partition coefficient (Wildman–Crippen LogP) is 6.68. The molecule has 0 spiro atoms. The summed E-state index contributed by atoms with van der Waals surface area (Å²) in [7, 11) is 0. The molecule has 0 aliphatic carbocycles. The lowest BCUT2D eigenvalue weighted by atomic mass is 10.1. The first kappa shape index (κ1) is 35.2. The maximum Gasteiger partial charge on any atom is 0.416 e. The van der Waals surface area contributed by atoms with E-state index in [0.29, 0.717) is 37.9 Å². The Bertz CT molecular complexity index is 996. The van der Waals surface area contributed by atoms with E-state index in [2.05, 4.69) is 71.4 Å². The summed E-state index contributed by atoms with van der Waals surface area (Å²) in [5.74, 6) is 0. The highest BCUT2D eigenvalue weighted by atomic mass is 19.4. The molecule has 0 radical (unpaired) electrons. The van der Waals surface area contributed by atoms with Crippen LogP contribution in [0.3, 0.4) is 0 Å². The molecular formula is C31H42F3N3O2. The van der Waals surface area contributed by atoms with Crippen molar-refractivity contribution in [1.29, 1.82) is 0 Å². The molecule has 4 rings (SSSR count). The zero-order valence-electron chi connectivity index (χ0n) is 23.4. The number of carbonyl (C=O) groups excluding carboxylic acids is 2. The van der Waals surface area contributed by atoms with E-state index >= 15 is 0 Å². The van der Waals surface area contributed by atoms with Gasteiger partial charge in [0.25, 0.3) is 0 Å². The van der Waals surface area contributed by atoms with Gasteiger partial charge in [-0.15, -0.1) is 0 Å². The van der Waals surface area contributed by atoms with Crippen LogP contribution >= 0.6 is 0 Å². The fraction of sp³-hybridized carbons (Fsp3) is 0.355. The summed E-state index contributed by atoms with van der Waals surface area (Å²) in [4.78, 5) is 19.1. The van der Waals surface area contributed by atoms with E-state index in [9.17, 15) is 22.8 Å². The average molecular weight is 546 g/mol. The van der Waals surface area contributed by atoms with Crippen LogP contribution in [0, 0.1) is 0 Å². The Morgan fingerprint density at radius 1 is 0.769 bits per heavy atom. The van der Waals surface area contributed by atoms with Crippen molar-refractivity contribution in [3.8, 4) is 0 Å². The van der Waals surface area contributed by atoms with Crippen LogP contribution < -0.4 is 16.0 Å². The Kier molecular flexibility index (Phi) is 20.0. The van der Waals surface area contributed by atoms with Crippen molar-refractivity contribution < 1.29 is 22.8 Å². The number of para-hydroxylation sites is 1. The van der Waals surface area contributed by atoms with Crippen LogP contribution in [0.1, 0.15) is 49.9 Å². The maximum atomic E-state index is 12.1. The molecule has 8 heteroatoms. The summed E-state index contributed by atoms with van der Waals surface area (Å²) >= 11 is 0. The van der Waals surface area contributed by atoms with Crippen molar-refractivity contribution in [3.63, 3.8) is 0 Å². The Hall–Kier alpha value is -3.81. The SMILES string of the molecule is CC.CCc1cccc(C(F)(F)F)c1.CCc1ccccc1.O=CNCCNC=O.c1ccc2c(c1)CCN2. The van der Waals surface area contributed by atoms with Gasteiger partial charge in [0.05, 0.1) is 5.56 Å². The lowest BCUT2D eigenvalue weighted by molar-refractivity contribution is -0.137. The van der Waals surface area contributed by atoms with Gasteiger partial charge >= 0.3 is 6.18 Å². The number of fused-ring (bicyclic) bond motifs is 1. The number of nitrogens with one attached hydrogen (secondary N) is 3. The summed E-state index contributed by atoms with van der Waals surface area (Å²) in [6, 6.07) is 24.3. The third kappa shape index (κ3) is 16.6. The van der Waals surface area contributed by atoms with Gasteiger partial charge in [0.15, 0.2) is 0 Å². The number of aryl methyl sites for hydroxylation is 2. The number of benzene rings is 3. The first-order chi connectivity index (χ1) is 18.8. The van der Waals surface area contributed by atoms with Crippen LogP contribution in [0.4, 0.5) is 18.9 Å². The number of carbonyl (C=O) groups is 2. The van der Waals surface area contributed by atoms with E-state index in [4.69, 9.17) is 0 Å². The van der Waals surface area contributed by atoms with E-state index in [1.165, 1.54) is 35.4 Å². The number of hydrogen-bond donors (Lipinski definition) is 3. The molecule has 0 bridgehead atoms. The van der Waals surface area contributed by atoms with E-state index in [0.717, 1.165) is 19.0 Å². The Morgan fingerprint density at radius 2 is 1.31 bits per heavy atom. The Labute approximate surface area is 231 Å². The highest BCUT2D eigenvalue weighted by Crippen LogP contribution is 2.29. The van der Waals surface area contributed by atoms with Crippen LogP contribution in [0.5, 0.6) is 0 Å². The van der Waals surface area contributed by atoms with Gasteiger partial charge in [0.2, 0.25) is 12.8 Å². The first-order valence-electron chi connectivity index (χ1n) is 13.2. The van der Waals surface area contributed by atoms with Crippen molar-refractivity contribution >= 4 is 18.5 Å². The molecule has 2 amide bonds. The molecule has 3 aromatic carbocycles. The largest absolute Gasteiger partial charge is 0.416 e. The van der Waals surface area contributed by atoms with E-state index in [1.807, 2.05) is 26.8 Å². The van der Waals surface area contributed by atoms with Crippen LogP contribution in [0.15, 0.2) is 78.9 Å². The monoisotopic (exact) mass is 545 g/mol. The summed E-state index contributed by atoms with van der Waals surface area (Å²) in [6.45, 7) is 10.1. The molecule has 1 aliphatic rings. The van der Waals surface area contributed by atoms with Gasteiger partial charge in [0.1, 0.15) is 0 Å². The molecule has 0 saturated carbocycles. The molecule has 0 atom stereocenters. The molecule has 214 valence electrons. The predicted molar refractivity (Wildman–Crippen MR) is 155 cm³/mol. The van der Waals surface area contributed by atoms with Crippen molar-refractivity contribution in [2.75, 3.05) is 25.0 Å². The minimum atomic E-state index is -4.22. The summed E-state index contributed by atoms with van der Waals surface area (Å²) in [5.41, 5.74) is 4.33. The molecule has 0 unspecified atom stereocenters. The zero-order valence-corrected chi connectivity index (χ0v) is 23.4. The van der Waals surface area contributed by atoms with Gasteiger partial charge < -0.3 is 16.0 Å². The van der Waals surface area contributed by atoms with E-state index in [-0.39, 0.29) is 0 Å². The third-order valence-corrected chi connectivity index (χ3v) is 5.22. The lowest BCUT2D eigenvalue weighted by Crippen LogP contribution is -2.25. The smallest absolute Gasteiger partial charge is 0.384 e. The average Bonchev–Trinajstić information content (AvgIpc) is 3.47. The van der Waals surface area contributed by atoms with Gasteiger partial charge in [-0.05, 0) is 48.1 Å². The number of halogens is 3.